The highest BCUT2D eigenvalue weighted by atomic mass is 16.2. The highest BCUT2D eigenvalue weighted by molar-refractivity contribution is 5.17. The van der Waals surface area contributed by atoms with E-state index in [9.17, 15) is 9.59 Å². The molecule has 0 aliphatic heterocycles. The normalized spacial score (nSPS) is 12.9. The number of hydrogen-bond donors (Lipinski definition) is 0. The fourth-order valence-corrected chi connectivity index (χ4v) is 2.20. The third-order valence-electron chi connectivity index (χ3n) is 3.13. The van der Waals surface area contributed by atoms with Gasteiger partial charge in [-0.05, 0) is 55.4 Å². The molecule has 0 N–H and O–H groups in total. The molecule has 0 aromatic carbocycles. The maximum absolute atomic E-state index is 12.6. The van der Waals surface area contributed by atoms with Crippen molar-refractivity contribution in [3.05, 3.63) is 32.1 Å². The zero-order valence-electron chi connectivity index (χ0n) is 12.7. The van der Waals surface area contributed by atoms with Crippen LogP contribution in [-0.2, 0) is 11.1 Å². The summed E-state index contributed by atoms with van der Waals surface area (Å²) in [6, 6.07) is 0. The van der Waals surface area contributed by atoms with E-state index in [-0.39, 0.29) is 16.8 Å². The Kier molecular flexibility index (Phi) is 3.36. The molecule has 0 unspecified atom stereocenters. The van der Waals surface area contributed by atoms with E-state index < -0.39 is 5.54 Å². The van der Waals surface area contributed by atoms with E-state index in [4.69, 9.17) is 0 Å². The summed E-state index contributed by atoms with van der Waals surface area (Å²) in [7, 11) is 0. The van der Waals surface area contributed by atoms with Crippen LogP contribution in [0.5, 0.6) is 0 Å². The van der Waals surface area contributed by atoms with Crippen LogP contribution in [0.25, 0.3) is 0 Å². The standard InChI is InChI=1S/C14H24N2O2/c1-9-10(2)15(13(3,4)5)12(18)16(11(9)17)14(6,7)8/h1-8H3. The van der Waals surface area contributed by atoms with Gasteiger partial charge in [0, 0.05) is 22.3 Å². The van der Waals surface area contributed by atoms with Crippen molar-refractivity contribution in [2.24, 2.45) is 0 Å². The lowest BCUT2D eigenvalue weighted by atomic mass is 10.1. The van der Waals surface area contributed by atoms with E-state index in [1.165, 1.54) is 4.57 Å². The molecule has 0 radical (unpaired) electrons. The van der Waals surface area contributed by atoms with Crippen molar-refractivity contribution in [3.63, 3.8) is 0 Å². The van der Waals surface area contributed by atoms with Gasteiger partial charge in [0.25, 0.3) is 5.56 Å². The fourth-order valence-electron chi connectivity index (χ4n) is 2.20. The van der Waals surface area contributed by atoms with Crippen molar-refractivity contribution < 1.29 is 0 Å². The van der Waals surface area contributed by atoms with E-state index in [0.29, 0.717) is 5.56 Å². The summed E-state index contributed by atoms with van der Waals surface area (Å²) in [6.45, 7) is 15.1. The Balaban J connectivity index is 3.97. The van der Waals surface area contributed by atoms with Gasteiger partial charge in [-0.25, -0.2) is 4.79 Å². The molecule has 0 amide bonds. The Morgan fingerprint density at radius 1 is 0.778 bits per heavy atom. The molecule has 1 rings (SSSR count). The molecule has 0 aliphatic rings. The van der Waals surface area contributed by atoms with E-state index in [2.05, 4.69) is 0 Å². The fraction of sp³-hybridized carbons (Fsp3) is 0.714. The summed E-state index contributed by atoms with van der Waals surface area (Å²) in [6.07, 6.45) is 0. The minimum absolute atomic E-state index is 0.189. The van der Waals surface area contributed by atoms with Crippen molar-refractivity contribution in [1.29, 1.82) is 0 Å². The first-order valence-electron chi connectivity index (χ1n) is 6.25. The molecule has 4 heteroatoms. The van der Waals surface area contributed by atoms with Crippen LogP contribution in [0.3, 0.4) is 0 Å². The van der Waals surface area contributed by atoms with Crippen LogP contribution >= 0.6 is 0 Å². The third-order valence-corrected chi connectivity index (χ3v) is 3.13. The van der Waals surface area contributed by atoms with Crippen LogP contribution < -0.4 is 11.2 Å². The molecular weight excluding hydrogens is 228 g/mol. The lowest BCUT2D eigenvalue weighted by Crippen LogP contribution is -2.52. The summed E-state index contributed by atoms with van der Waals surface area (Å²) < 4.78 is 3.05. The minimum atomic E-state index is -0.514. The Hall–Kier alpha value is -1.32. The first-order valence-corrected chi connectivity index (χ1v) is 6.25. The second kappa shape index (κ2) is 4.11. The molecule has 18 heavy (non-hydrogen) atoms. The van der Waals surface area contributed by atoms with Crippen molar-refractivity contribution >= 4 is 0 Å². The van der Waals surface area contributed by atoms with Gasteiger partial charge in [0.05, 0.1) is 0 Å². The van der Waals surface area contributed by atoms with E-state index in [0.717, 1.165) is 5.69 Å². The lowest BCUT2D eigenvalue weighted by Gasteiger charge is -2.30. The van der Waals surface area contributed by atoms with Crippen LogP contribution in [0.1, 0.15) is 52.8 Å². The molecular formula is C14H24N2O2. The van der Waals surface area contributed by atoms with Crippen molar-refractivity contribution in [2.75, 3.05) is 0 Å². The minimum Gasteiger partial charge on any atom is -0.292 e. The van der Waals surface area contributed by atoms with E-state index in [1.807, 2.05) is 48.5 Å². The molecule has 0 fully saturated rings. The number of hydrogen-bond acceptors (Lipinski definition) is 2. The zero-order valence-corrected chi connectivity index (χ0v) is 12.7. The quantitative estimate of drug-likeness (QED) is 0.710. The number of aromatic nitrogens is 2. The first kappa shape index (κ1) is 14.7. The van der Waals surface area contributed by atoms with Crippen molar-refractivity contribution in [3.8, 4) is 0 Å². The molecule has 0 saturated heterocycles. The third kappa shape index (κ3) is 2.28. The van der Waals surface area contributed by atoms with Gasteiger partial charge in [-0.1, -0.05) is 0 Å². The van der Waals surface area contributed by atoms with Crippen LogP contribution in [0.15, 0.2) is 9.59 Å². The van der Waals surface area contributed by atoms with Crippen LogP contribution in [0.2, 0.25) is 0 Å². The molecule has 0 aliphatic carbocycles. The van der Waals surface area contributed by atoms with Crippen LogP contribution in [0.4, 0.5) is 0 Å². The topological polar surface area (TPSA) is 44.0 Å². The number of rotatable bonds is 0. The molecule has 0 spiro atoms. The molecule has 0 bridgehead atoms. The van der Waals surface area contributed by atoms with Gasteiger partial charge in [-0.2, -0.15) is 0 Å². The predicted octanol–water partition coefficient (Wildman–Crippen LogP) is 2.14. The summed E-state index contributed by atoms with van der Waals surface area (Å²) in [5.74, 6) is 0. The summed E-state index contributed by atoms with van der Waals surface area (Å²) in [5.41, 5.74) is 0.109. The summed E-state index contributed by atoms with van der Waals surface area (Å²) in [4.78, 5) is 24.9. The van der Waals surface area contributed by atoms with Crippen molar-refractivity contribution in [2.45, 2.75) is 66.5 Å². The maximum atomic E-state index is 12.6. The Labute approximate surface area is 108 Å². The predicted molar refractivity (Wildman–Crippen MR) is 74.4 cm³/mol. The smallest absolute Gasteiger partial charge is 0.292 e. The van der Waals surface area contributed by atoms with Gasteiger partial charge in [-0.15, -0.1) is 0 Å². The summed E-state index contributed by atoms with van der Waals surface area (Å²) >= 11 is 0. The lowest BCUT2D eigenvalue weighted by molar-refractivity contribution is 0.304. The average molecular weight is 252 g/mol. The van der Waals surface area contributed by atoms with Crippen LogP contribution in [0, 0.1) is 13.8 Å². The molecule has 1 heterocycles. The van der Waals surface area contributed by atoms with Gasteiger partial charge in [0.1, 0.15) is 0 Å². The van der Waals surface area contributed by atoms with Gasteiger partial charge >= 0.3 is 5.69 Å². The SMILES string of the molecule is Cc1c(C)n(C(C)(C)C)c(=O)n(C(C)(C)C)c1=O. The monoisotopic (exact) mass is 252 g/mol. The number of nitrogens with zero attached hydrogens (tertiary/aromatic N) is 2. The average Bonchev–Trinajstić information content (AvgIpc) is 2.09. The maximum Gasteiger partial charge on any atom is 0.332 e. The van der Waals surface area contributed by atoms with Gasteiger partial charge in [-0.3, -0.25) is 13.9 Å². The van der Waals surface area contributed by atoms with Crippen LogP contribution in [-0.4, -0.2) is 9.13 Å². The zero-order chi connectivity index (χ0) is 14.5. The Bertz CT molecular complexity index is 578. The van der Waals surface area contributed by atoms with E-state index in [1.54, 1.807) is 11.5 Å². The van der Waals surface area contributed by atoms with Gasteiger partial charge < -0.3 is 0 Å². The Morgan fingerprint density at radius 3 is 1.50 bits per heavy atom. The molecule has 4 nitrogen and oxygen atoms in total. The van der Waals surface area contributed by atoms with Gasteiger partial charge in [0.15, 0.2) is 0 Å². The van der Waals surface area contributed by atoms with Gasteiger partial charge in [0.2, 0.25) is 0 Å². The van der Waals surface area contributed by atoms with E-state index >= 15 is 0 Å². The largest absolute Gasteiger partial charge is 0.332 e. The second-order valence-corrected chi connectivity index (χ2v) is 6.81. The Morgan fingerprint density at radius 2 is 1.17 bits per heavy atom. The molecule has 1 aromatic heterocycles. The molecule has 0 atom stereocenters. The molecule has 102 valence electrons. The summed E-state index contributed by atoms with van der Waals surface area (Å²) in [5, 5.41) is 0. The highest BCUT2D eigenvalue weighted by Crippen LogP contribution is 2.16. The second-order valence-electron chi connectivity index (χ2n) is 6.81. The van der Waals surface area contributed by atoms with Crippen molar-refractivity contribution in [1.82, 2.24) is 9.13 Å². The highest BCUT2D eigenvalue weighted by Gasteiger charge is 2.26. The molecule has 1 aromatic rings. The molecule has 0 saturated carbocycles. The first-order chi connectivity index (χ1) is 7.89.